The highest BCUT2D eigenvalue weighted by Gasteiger charge is 2.53. The molecule has 3 rings (SSSR count). The molecule has 0 heterocycles. The average molecular weight is 205 g/mol. The summed E-state index contributed by atoms with van der Waals surface area (Å²) in [6.45, 7) is 0.970. The molecule has 1 unspecified atom stereocenters. The van der Waals surface area contributed by atoms with E-state index in [9.17, 15) is 4.39 Å². The van der Waals surface area contributed by atoms with Crippen LogP contribution in [-0.4, -0.2) is 13.6 Å². The zero-order valence-corrected chi connectivity index (χ0v) is 9.02. The lowest BCUT2D eigenvalue weighted by Crippen LogP contribution is -2.15. The van der Waals surface area contributed by atoms with Gasteiger partial charge in [-0.3, -0.25) is 0 Å². The van der Waals surface area contributed by atoms with Crippen molar-refractivity contribution >= 4 is 0 Å². The second kappa shape index (κ2) is 3.05. The third kappa shape index (κ3) is 1.24. The number of nitrogens with one attached hydrogen (secondary N) is 1. The van der Waals surface area contributed by atoms with Crippen LogP contribution in [0.5, 0.6) is 0 Å². The normalized spacial score (nSPS) is 25.6. The SMILES string of the molecule is CNCC1CC2(CC2)c2c(F)cccc21. The van der Waals surface area contributed by atoms with Gasteiger partial charge in [0.2, 0.25) is 0 Å². The third-order valence-electron chi connectivity index (χ3n) is 3.96. The minimum absolute atomic E-state index is 0.0172. The fourth-order valence-corrected chi connectivity index (χ4v) is 3.16. The molecule has 1 aromatic rings. The Morgan fingerprint density at radius 2 is 2.27 bits per heavy atom. The maximum absolute atomic E-state index is 13.8. The van der Waals surface area contributed by atoms with Gasteiger partial charge in [0.25, 0.3) is 0 Å². The van der Waals surface area contributed by atoms with Crippen LogP contribution in [0.2, 0.25) is 0 Å². The summed E-state index contributed by atoms with van der Waals surface area (Å²) in [5.74, 6) is 0.534. The van der Waals surface area contributed by atoms with Crippen LogP contribution >= 0.6 is 0 Å². The Hall–Kier alpha value is -0.890. The summed E-state index contributed by atoms with van der Waals surface area (Å²) >= 11 is 0. The second-order valence-electron chi connectivity index (χ2n) is 4.94. The van der Waals surface area contributed by atoms with E-state index in [0.29, 0.717) is 5.92 Å². The molecule has 1 atom stereocenters. The number of hydrogen-bond acceptors (Lipinski definition) is 1. The summed E-state index contributed by atoms with van der Waals surface area (Å²) in [4.78, 5) is 0. The molecule has 1 N–H and O–H groups in total. The van der Waals surface area contributed by atoms with Crippen LogP contribution < -0.4 is 5.32 Å². The topological polar surface area (TPSA) is 12.0 Å². The van der Waals surface area contributed by atoms with Gasteiger partial charge in [0, 0.05) is 6.54 Å². The van der Waals surface area contributed by atoms with Crippen LogP contribution in [0.25, 0.3) is 0 Å². The number of hydrogen-bond donors (Lipinski definition) is 1. The molecule has 0 amide bonds. The standard InChI is InChI=1S/C13H16FN/c1-15-8-9-7-13(5-6-13)12-10(9)3-2-4-11(12)14/h2-4,9,15H,5-8H2,1H3. The van der Waals surface area contributed by atoms with Gasteiger partial charge in [0.1, 0.15) is 5.82 Å². The van der Waals surface area contributed by atoms with Gasteiger partial charge in [0.05, 0.1) is 0 Å². The van der Waals surface area contributed by atoms with Gasteiger partial charge < -0.3 is 5.32 Å². The molecule has 0 saturated heterocycles. The van der Waals surface area contributed by atoms with E-state index in [1.54, 1.807) is 6.07 Å². The molecule has 0 aromatic heterocycles. The van der Waals surface area contributed by atoms with E-state index in [1.807, 2.05) is 13.1 Å². The minimum Gasteiger partial charge on any atom is -0.319 e. The molecule has 80 valence electrons. The smallest absolute Gasteiger partial charge is 0.127 e. The van der Waals surface area contributed by atoms with Crippen molar-refractivity contribution in [2.24, 2.45) is 0 Å². The summed E-state index contributed by atoms with van der Waals surface area (Å²) in [5.41, 5.74) is 2.51. The van der Waals surface area contributed by atoms with Gasteiger partial charge in [-0.2, -0.15) is 0 Å². The third-order valence-corrected chi connectivity index (χ3v) is 3.96. The molecule has 1 fully saturated rings. The molecule has 2 aliphatic carbocycles. The van der Waals surface area contributed by atoms with E-state index < -0.39 is 0 Å². The van der Waals surface area contributed by atoms with Crippen molar-refractivity contribution in [1.29, 1.82) is 0 Å². The lowest BCUT2D eigenvalue weighted by Gasteiger charge is -2.10. The van der Waals surface area contributed by atoms with Crippen LogP contribution in [0, 0.1) is 5.82 Å². The predicted molar refractivity (Wildman–Crippen MR) is 58.6 cm³/mol. The summed E-state index contributed by atoms with van der Waals surface area (Å²) < 4.78 is 13.8. The highest BCUT2D eigenvalue weighted by molar-refractivity contribution is 5.47. The van der Waals surface area contributed by atoms with Gasteiger partial charge >= 0.3 is 0 Å². The number of fused-ring (bicyclic) bond motifs is 2. The molecule has 2 heteroatoms. The quantitative estimate of drug-likeness (QED) is 0.782. The van der Waals surface area contributed by atoms with Gasteiger partial charge in [-0.15, -0.1) is 0 Å². The van der Waals surface area contributed by atoms with E-state index in [1.165, 1.54) is 18.4 Å². The molecule has 1 aromatic carbocycles. The molecule has 0 radical (unpaired) electrons. The number of likely N-dealkylation sites (N-methyl/N-ethyl adjacent to an activating group) is 1. The Labute approximate surface area is 89.7 Å². The Morgan fingerprint density at radius 3 is 2.93 bits per heavy atom. The molecule has 15 heavy (non-hydrogen) atoms. The Morgan fingerprint density at radius 1 is 1.47 bits per heavy atom. The van der Waals surface area contributed by atoms with Gasteiger partial charge in [-0.1, -0.05) is 12.1 Å². The Balaban J connectivity index is 2.08. The maximum atomic E-state index is 13.8. The summed E-state index contributed by atoms with van der Waals surface area (Å²) in [6.07, 6.45) is 3.51. The lowest BCUT2D eigenvalue weighted by molar-refractivity contribution is 0.539. The highest BCUT2D eigenvalue weighted by atomic mass is 19.1. The first kappa shape index (κ1) is 9.34. The largest absolute Gasteiger partial charge is 0.319 e. The molecule has 1 saturated carbocycles. The van der Waals surface area contributed by atoms with Crippen molar-refractivity contribution in [3.05, 3.63) is 35.1 Å². The summed E-state index contributed by atoms with van der Waals surface area (Å²) in [7, 11) is 1.97. The minimum atomic E-state index is 0.0172. The van der Waals surface area contributed by atoms with Crippen LogP contribution in [0.4, 0.5) is 4.39 Å². The molecule has 1 spiro atoms. The van der Waals surface area contributed by atoms with E-state index in [-0.39, 0.29) is 11.2 Å². The fourth-order valence-electron chi connectivity index (χ4n) is 3.16. The molecule has 1 nitrogen and oxygen atoms in total. The highest BCUT2D eigenvalue weighted by Crippen LogP contribution is 2.61. The van der Waals surface area contributed by atoms with Crippen molar-refractivity contribution in [2.75, 3.05) is 13.6 Å². The first-order valence-corrected chi connectivity index (χ1v) is 5.70. The first-order valence-electron chi connectivity index (χ1n) is 5.70. The number of rotatable bonds is 2. The number of benzene rings is 1. The van der Waals surface area contributed by atoms with Gasteiger partial charge in [0.15, 0.2) is 0 Å². The first-order chi connectivity index (χ1) is 7.27. The van der Waals surface area contributed by atoms with Gasteiger partial charge in [-0.25, -0.2) is 4.39 Å². The Bertz CT molecular complexity index is 396. The van der Waals surface area contributed by atoms with Crippen LogP contribution in [0.1, 0.15) is 36.3 Å². The van der Waals surface area contributed by atoms with Crippen LogP contribution in [0.3, 0.4) is 0 Å². The summed E-state index contributed by atoms with van der Waals surface area (Å²) in [5, 5.41) is 3.21. The molecule has 0 bridgehead atoms. The van der Waals surface area contributed by atoms with Gasteiger partial charge in [-0.05, 0) is 54.8 Å². The van der Waals surface area contributed by atoms with Crippen molar-refractivity contribution < 1.29 is 4.39 Å². The van der Waals surface area contributed by atoms with Crippen molar-refractivity contribution in [3.63, 3.8) is 0 Å². The molecule has 2 aliphatic rings. The van der Waals surface area contributed by atoms with E-state index >= 15 is 0 Å². The van der Waals surface area contributed by atoms with Crippen molar-refractivity contribution in [3.8, 4) is 0 Å². The lowest BCUT2D eigenvalue weighted by atomic mass is 9.98. The van der Waals surface area contributed by atoms with E-state index in [0.717, 1.165) is 18.5 Å². The molecular formula is C13H16FN. The van der Waals surface area contributed by atoms with E-state index in [4.69, 9.17) is 0 Å². The zero-order chi connectivity index (χ0) is 10.5. The Kier molecular flexibility index (Phi) is 1.90. The van der Waals surface area contributed by atoms with Crippen LogP contribution in [0.15, 0.2) is 18.2 Å². The van der Waals surface area contributed by atoms with Crippen LogP contribution in [-0.2, 0) is 5.41 Å². The molecular weight excluding hydrogens is 189 g/mol. The monoisotopic (exact) mass is 205 g/mol. The second-order valence-corrected chi connectivity index (χ2v) is 4.94. The van der Waals surface area contributed by atoms with Crippen molar-refractivity contribution in [1.82, 2.24) is 5.32 Å². The van der Waals surface area contributed by atoms with Crippen molar-refractivity contribution in [2.45, 2.75) is 30.6 Å². The maximum Gasteiger partial charge on any atom is 0.127 e. The number of halogens is 1. The fraction of sp³-hybridized carbons (Fsp3) is 0.538. The van der Waals surface area contributed by atoms with E-state index in [2.05, 4.69) is 11.4 Å². The average Bonchev–Trinajstić information content (AvgIpc) is 2.90. The predicted octanol–water partition coefficient (Wildman–Crippen LogP) is 2.56. The molecule has 0 aliphatic heterocycles. The summed E-state index contributed by atoms with van der Waals surface area (Å²) in [6, 6.07) is 5.56. The zero-order valence-electron chi connectivity index (χ0n) is 9.02.